The number of hydrogen-bond donors (Lipinski definition) is 3. The highest BCUT2D eigenvalue weighted by Gasteiger charge is 2.49. The molecule has 4 rings (SSSR count). The fourth-order valence-electron chi connectivity index (χ4n) is 4.65. The monoisotopic (exact) mass is 373 g/mol. The fraction of sp³-hybridized carbons (Fsp3) is 0.650. The number of hydrogen-bond acceptors (Lipinski definition) is 5. The molecule has 4 N–H and O–H groups in total. The summed E-state index contributed by atoms with van der Waals surface area (Å²) < 4.78 is 10.8. The number of benzene rings is 1. The van der Waals surface area contributed by atoms with Gasteiger partial charge in [0.05, 0.1) is 5.60 Å². The largest absolute Gasteiger partial charge is 0.486 e. The Morgan fingerprint density at radius 2 is 1.85 bits per heavy atom. The van der Waals surface area contributed by atoms with E-state index in [-0.39, 0.29) is 16.9 Å². The lowest BCUT2D eigenvalue weighted by atomic mass is 9.56. The van der Waals surface area contributed by atoms with Gasteiger partial charge in [-0.25, -0.2) is 0 Å². The van der Waals surface area contributed by atoms with Crippen molar-refractivity contribution >= 4 is 13.6 Å². The molecule has 1 amide bonds. The molecule has 7 heteroatoms. The van der Waals surface area contributed by atoms with Crippen molar-refractivity contribution in [3.8, 4) is 0 Å². The summed E-state index contributed by atoms with van der Waals surface area (Å²) >= 11 is 0. The van der Waals surface area contributed by atoms with Gasteiger partial charge in [-0.15, -0.1) is 0 Å². The number of carbonyl (C=O) groups excluding carboxylic acids is 1. The summed E-state index contributed by atoms with van der Waals surface area (Å²) in [4.78, 5) is 12.5. The van der Waals surface area contributed by atoms with Gasteiger partial charge >= 0.3 is 7.69 Å². The maximum atomic E-state index is 12.5. The highest BCUT2D eigenvalue weighted by molar-refractivity contribution is 6.16. The fourth-order valence-corrected chi connectivity index (χ4v) is 4.65. The Morgan fingerprint density at radius 1 is 1.22 bits per heavy atom. The SMILES string of the molecule is COC12CCC(c3ccc(C(=O)N[C@@H](CCCN)O[B]O)cc3)(CC1)CC2. The van der Waals surface area contributed by atoms with Gasteiger partial charge < -0.3 is 25.5 Å². The predicted molar refractivity (Wildman–Crippen MR) is 104 cm³/mol. The Hall–Kier alpha value is -1.41. The summed E-state index contributed by atoms with van der Waals surface area (Å²) in [6.07, 6.45) is 7.44. The molecule has 3 aliphatic rings. The summed E-state index contributed by atoms with van der Waals surface area (Å²) in [5.41, 5.74) is 7.74. The summed E-state index contributed by atoms with van der Waals surface area (Å²) in [5, 5.41) is 11.6. The van der Waals surface area contributed by atoms with Gasteiger partial charge in [0, 0.05) is 12.7 Å². The van der Waals surface area contributed by atoms with Crippen molar-refractivity contribution < 1.29 is 19.2 Å². The van der Waals surface area contributed by atoms with E-state index < -0.39 is 6.23 Å². The van der Waals surface area contributed by atoms with Crippen LogP contribution in [0, 0.1) is 0 Å². The molecule has 0 spiro atoms. The van der Waals surface area contributed by atoms with Gasteiger partial charge in [-0.1, -0.05) is 12.1 Å². The van der Waals surface area contributed by atoms with Crippen LogP contribution in [0.4, 0.5) is 0 Å². The lowest BCUT2D eigenvalue weighted by Gasteiger charge is -2.53. The smallest absolute Gasteiger partial charge is 0.429 e. The topological polar surface area (TPSA) is 93.8 Å². The lowest BCUT2D eigenvalue weighted by molar-refractivity contribution is -0.0955. The number of amides is 1. The Kier molecular flexibility index (Phi) is 6.58. The molecule has 1 aromatic carbocycles. The van der Waals surface area contributed by atoms with Crippen LogP contribution >= 0.6 is 0 Å². The minimum Gasteiger partial charge on any atom is -0.429 e. The molecular formula is C20H30BN2O4. The van der Waals surface area contributed by atoms with Gasteiger partial charge in [0.1, 0.15) is 6.23 Å². The van der Waals surface area contributed by atoms with Crippen LogP contribution in [0.2, 0.25) is 0 Å². The van der Waals surface area contributed by atoms with Crippen LogP contribution in [-0.2, 0) is 14.8 Å². The van der Waals surface area contributed by atoms with Crippen molar-refractivity contribution in [2.24, 2.45) is 5.73 Å². The number of nitrogens with one attached hydrogen (secondary N) is 1. The summed E-state index contributed by atoms with van der Waals surface area (Å²) in [6, 6.07) is 7.95. The zero-order valence-corrected chi connectivity index (χ0v) is 16.1. The third kappa shape index (κ3) is 4.37. The van der Waals surface area contributed by atoms with E-state index in [2.05, 4.69) is 17.4 Å². The highest BCUT2D eigenvalue weighted by Crippen LogP contribution is 2.54. The first-order valence-corrected chi connectivity index (χ1v) is 9.84. The van der Waals surface area contributed by atoms with Crippen molar-refractivity contribution in [2.45, 2.75) is 68.6 Å². The average molecular weight is 373 g/mol. The number of nitrogens with two attached hydrogens (primary N) is 1. The summed E-state index contributed by atoms with van der Waals surface area (Å²) in [6.45, 7) is 0.502. The van der Waals surface area contributed by atoms with Gasteiger partial charge in [0.15, 0.2) is 0 Å². The molecule has 0 heterocycles. The zero-order chi connectivity index (χ0) is 19.3. The van der Waals surface area contributed by atoms with Crippen molar-refractivity contribution in [1.82, 2.24) is 5.32 Å². The molecule has 0 aliphatic heterocycles. The van der Waals surface area contributed by atoms with E-state index in [9.17, 15) is 4.79 Å². The number of rotatable bonds is 9. The van der Waals surface area contributed by atoms with Crippen molar-refractivity contribution in [3.05, 3.63) is 35.4 Å². The molecule has 1 radical (unpaired) electrons. The Labute approximate surface area is 162 Å². The molecule has 0 saturated heterocycles. The van der Waals surface area contributed by atoms with Gasteiger partial charge in [-0.3, -0.25) is 4.79 Å². The molecule has 6 nitrogen and oxygen atoms in total. The van der Waals surface area contributed by atoms with Gasteiger partial charge in [0.25, 0.3) is 5.91 Å². The second-order valence-electron chi connectivity index (χ2n) is 7.88. The average Bonchev–Trinajstić information content (AvgIpc) is 2.73. The predicted octanol–water partition coefficient (Wildman–Crippen LogP) is 2.02. The minimum absolute atomic E-state index is 0.101. The van der Waals surface area contributed by atoms with Crippen molar-refractivity contribution in [1.29, 1.82) is 0 Å². The van der Waals surface area contributed by atoms with E-state index in [1.165, 1.54) is 5.56 Å². The first-order valence-electron chi connectivity index (χ1n) is 9.84. The van der Waals surface area contributed by atoms with E-state index >= 15 is 0 Å². The van der Waals surface area contributed by atoms with Gasteiger partial charge in [0.2, 0.25) is 0 Å². The van der Waals surface area contributed by atoms with Gasteiger partial charge in [-0.2, -0.15) is 0 Å². The highest BCUT2D eigenvalue weighted by atomic mass is 16.5. The molecule has 0 unspecified atom stereocenters. The van der Waals surface area contributed by atoms with E-state index in [1.54, 1.807) is 0 Å². The Bertz CT molecular complexity index is 613. The molecule has 1 atom stereocenters. The number of carbonyl (C=O) groups is 1. The number of ether oxygens (including phenoxy) is 1. The number of methoxy groups -OCH3 is 1. The normalized spacial score (nSPS) is 28.0. The Balaban J connectivity index is 1.64. The van der Waals surface area contributed by atoms with Crippen LogP contribution in [-0.4, -0.2) is 44.1 Å². The summed E-state index contributed by atoms with van der Waals surface area (Å²) in [7, 11) is 2.45. The van der Waals surface area contributed by atoms with Crippen LogP contribution in [0.25, 0.3) is 0 Å². The van der Waals surface area contributed by atoms with Crippen LogP contribution in [0.1, 0.15) is 67.3 Å². The van der Waals surface area contributed by atoms with Crippen molar-refractivity contribution in [3.63, 3.8) is 0 Å². The molecule has 0 aromatic heterocycles. The maximum absolute atomic E-state index is 12.5. The molecular weight excluding hydrogens is 343 g/mol. The maximum Gasteiger partial charge on any atom is 0.486 e. The van der Waals surface area contributed by atoms with Gasteiger partial charge in [-0.05, 0) is 81.0 Å². The third-order valence-electron chi connectivity index (χ3n) is 6.56. The molecule has 3 fully saturated rings. The minimum atomic E-state index is -0.580. The molecule has 27 heavy (non-hydrogen) atoms. The van der Waals surface area contributed by atoms with Crippen LogP contribution in [0.3, 0.4) is 0 Å². The zero-order valence-electron chi connectivity index (χ0n) is 16.1. The molecule has 2 bridgehead atoms. The molecule has 3 saturated carbocycles. The van der Waals surface area contributed by atoms with Crippen LogP contribution in [0.15, 0.2) is 24.3 Å². The molecule has 147 valence electrons. The van der Waals surface area contributed by atoms with E-state index in [1.807, 2.05) is 19.2 Å². The van der Waals surface area contributed by atoms with E-state index in [0.29, 0.717) is 32.6 Å². The first kappa shape index (κ1) is 20.3. The Morgan fingerprint density at radius 3 is 2.37 bits per heavy atom. The van der Waals surface area contributed by atoms with Crippen LogP contribution in [0.5, 0.6) is 0 Å². The summed E-state index contributed by atoms with van der Waals surface area (Å²) in [5.74, 6) is -0.214. The number of fused-ring (bicyclic) bond motifs is 3. The second-order valence-corrected chi connectivity index (χ2v) is 7.88. The molecule has 3 aliphatic carbocycles. The van der Waals surface area contributed by atoms with Crippen LogP contribution < -0.4 is 11.1 Å². The lowest BCUT2D eigenvalue weighted by Crippen LogP contribution is -2.49. The second kappa shape index (κ2) is 8.73. The van der Waals surface area contributed by atoms with E-state index in [4.69, 9.17) is 20.1 Å². The standard InChI is InChI=1S/C20H30BN2O4/c1-26-20-11-8-19(9-12-20,10-13-20)16-6-4-15(5-7-16)18(24)23-17(27-21-25)3-2-14-22/h4-7,17,25H,2-3,8-14,22H2,1H3,(H,23,24)/t17-,19?,20?/m1/s1. The molecule has 1 aromatic rings. The quantitative estimate of drug-likeness (QED) is 0.455. The van der Waals surface area contributed by atoms with E-state index in [0.717, 1.165) is 38.5 Å². The first-order chi connectivity index (χ1) is 13.1. The third-order valence-corrected chi connectivity index (χ3v) is 6.56. The van der Waals surface area contributed by atoms with Crippen molar-refractivity contribution in [2.75, 3.05) is 13.7 Å².